The summed E-state index contributed by atoms with van der Waals surface area (Å²) in [5.41, 5.74) is 5.41. The number of allylic oxidation sites excluding steroid dienone is 4. The smallest absolute Gasteiger partial charge is 0.157 e. The van der Waals surface area contributed by atoms with Gasteiger partial charge in [-0.25, -0.2) is 0 Å². The summed E-state index contributed by atoms with van der Waals surface area (Å²) in [6.45, 7) is 5.73. The second kappa shape index (κ2) is 8.06. The van der Waals surface area contributed by atoms with Crippen molar-refractivity contribution in [1.29, 1.82) is 0 Å². The third-order valence-corrected chi connectivity index (χ3v) is 8.74. The van der Waals surface area contributed by atoms with Crippen LogP contribution in [0.15, 0.2) is 52.2 Å². The molecule has 2 fully saturated rings. The van der Waals surface area contributed by atoms with Crippen LogP contribution in [0, 0.1) is 34.0 Å². The maximum absolute atomic E-state index is 12.1. The normalized spacial score (nSPS) is 33.3. The number of fused-ring (bicyclic) bond motifs is 4. The molecular formula is C29H33NO3. The summed E-state index contributed by atoms with van der Waals surface area (Å²) in [4.78, 5) is 23.0. The molecule has 0 spiro atoms. The molecule has 1 N–H and O–H groups in total. The van der Waals surface area contributed by atoms with Gasteiger partial charge in [-0.3, -0.25) is 4.79 Å². The Balaban J connectivity index is 1.57. The Kier molecular flexibility index (Phi) is 5.45. The zero-order chi connectivity index (χ0) is 23.4. The van der Waals surface area contributed by atoms with E-state index in [9.17, 15) is 14.8 Å². The first-order chi connectivity index (χ1) is 15.7. The van der Waals surface area contributed by atoms with E-state index in [1.165, 1.54) is 16.7 Å². The number of hydrogen-bond donors (Lipinski definition) is 1. The molecule has 0 bridgehead atoms. The Bertz CT molecular complexity index is 1110. The first kappa shape index (κ1) is 22.3. The second-order valence-electron chi connectivity index (χ2n) is 11.2. The van der Waals surface area contributed by atoms with Gasteiger partial charge in [0.2, 0.25) is 0 Å². The van der Waals surface area contributed by atoms with E-state index < -0.39 is 5.54 Å². The van der Waals surface area contributed by atoms with Crippen LogP contribution in [0.5, 0.6) is 0 Å². The van der Waals surface area contributed by atoms with Crippen molar-refractivity contribution in [3.05, 3.63) is 63.1 Å². The minimum Gasteiger partial charge on any atom is -0.393 e. The van der Waals surface area contributed by atoms with Crippen LogP contribution in [0.25, 0.3) is 0 Å². The van der Waals surface area contributed by atoms with E-state index in [2.05, 4.69) is 36.1 Å². The van der Waals surface area contributed by atoms with Crippen LogP contribution in [-0.4, -0.2) is 22.5 Å². The number of aliphatic hydroxyl groups is 1. The van der Waals surface area contributed by atoms with E-state index in [-0.39, 0.29) is 23.2 Å². The maximum Gasteiger partial charge on any atom is 0.157 e. The van der Waals surface area contributed by atoms with Crippen molar-refractivity contribution < 1.29 is 9.90 Å². The van der Waals surface area contributed by atoms with Gasteiger partial charge in [-0.05, 0) is 105 Å². The Morgan fingerprint density at radius 3 is 2.58 bits per heavy atom. The van der Waals surface area contributed by atoms with E-state index >= 15 is 0 Å². The standard InChI is InChI=1S/C29H33NO3/c1-28(2,30-33)15-14-18-4-6-19(7-5-18)24-17-29(3)25(12-13-26(29)32)23-10-8-20-16-21(31)9-11-22(20)27(23)24/h4-7,16,23-26,32H,8-13,17H2,1-3H3. The fourth-order valence-corrected chi connectivity index (χ4v) is 6.98. The summed E-state index contributed by atoms with van der Waals surface area (Å²) in [5, 5.41) is 14.1. The number of rotatable bonds is 2. The molecule has 0 aliphatic heterocycles. The predicted octanol–water partition coefficient (Wildman–Crippen LogP) is 5.84. The molecular weight excluding hydrogens is 410 g/mol. The molecule has 5 rings (SSSR count). The van der Waals surface area contributed by atoms with Crippen LogP contribution < -0.4 is 0 Å². The highest BCUT2D eigenvalue weighted by molar-refractivity contribution is 5.93. The van der Waals surface area contributed by atoms with Gasteiger partial charge in [-0.15, -0.1) is 4.91 Å². The summed E-state index contributed by atoms with van der Waals surface area (Å²) in [6, 6.07) is 8.40. The molecule has 4 heteroatoms. The van der Waals surface area contributed by atoms with Crippen molar-refractivity contribution in [2.75, 3.05) is 0 Å². The monoisotopic (exact) mass is 443 g/mol. The highest BCUT2D eigenvalue weighted by Crippen LogP contribution is 2.63. The lowest BCUT2D eigenvalue weighted by molar-refractivity contribution is -0.114. The van der Waals surface area contributed by atoms with Gasteiger partial charge in [0, 0.05) is 17.9 Å². The molecule has 0 aromatic heterocycles. The molecule has 1 aromatic carbocycles. The summed E-state index contributed by atoms with van der Waals surface area (Å²) >= 11 is 0. The summed E-state index contributed by atoms with van der Waals surface area (Å²) in [6.07, 6.45) is 8.13. The molecule has 0 amide bonds. The fraction of sp³-hybridized carbons (Fsp3) is 0.552. The Morgan fingerprint density at radius 1 is 1.09 bits per heavy atom. The van der Waals surface area contributed by atoms with Gasteiger partial charge in [0.1, 0.15) is 0 Å². The highest BCUT2D eigenvalue weighted by atomic mass is 16.3. The number of ketones is 1. The van der Waals surface area contributed by atoms with Gasteiger partial charge >= 0.3 is 0 Å². The molecule has 1 aromatic rings. The van der Waals surface area contributed by atoms with Crippen molar-refractivity contribution in [3.63, 3.8) is 0 Å². The lowest BCUT2D eigenvalue weighted by atomic mass is 9.53. The van der Waals surface area contributed by atoms with Crippen molar-refractivity contribution in [3.8, 4) is 11.8 Å². The van der Waals surface area contributed by atoms with Gasteiger partial charge in [0.15, 0.2) is 11.3 Å². The molecule has 0 saturated heterocycles. The van der Waals surface area contributed by atoms with Crippen molar-refractivity contribution >= 4 is 5.78 Å². The fourth-order valence-electron chi connectivity index (χ4n) is 6.98. The molecule has 0 radical (unpaired) electrons. The molecule has 4 aliphatic carbocycles. The van der Waals surface area contributed by atoms with Crippen LogP contribution in [0.2, 0.25) is 0 Å². The van der Waals surface area contributed by atoms with Gasteiger partial charge in [0.25, 0.3) is 0 Å². The van der Waals surface area contributed by atoms with Crippen molar-refractivity contribution in [2.24, 2.45) is 22.4 Å². The average Bonchev–Trinajstić information content (AvgIpc) is 3.11. The minimum atomic E-state index is -0.896. The number of nitrogens with zero attached hydrogens (tertiary/aromatic N) is 1. The van der Waals surface area contributed by atoms with Crippen molar-refractivity contribution in [2.45, 2.75) is 83.3 Å². The van der Waals surface area contributed by atoms with Crippen LogP contribution in [0.4, 0.5) is 0 Å². The Labute approximate surface area is 196 Å². The highest BCUT2D eigenvalue weighted by Gasteiger charge is 2.56. The molecule has 2 saturated carbocycles. The number of nitroso groups, excluding NO2 is 1. The zero-order valence-corrected chi connectivity index (χ0v) is 19.9. The van der Waals surface area contributed by atoms with Crippen LogP contribution >= 0.6 is 0 Å². The van der Waals surface area contributed by atoms with E-state index in [1.807, 2.05) is 18.2 Å². The third kappa shape index (κ3) is 3.81. The number of carbonyl (C=O) groups excluding carboxylic acids is 1. The van der Waals surface area contributed by atoms with Gasteiger partial charge in [-0.1, -0.05) is 41.6 Å². The topological polar surface area (TPSA) is 66.7 Å². The second-order valence-corrected chi connectivity index (χ2v) is 11.2. The van der Waals surface area contributed by atoms with Crippen molar-refractivity contribution in [1.82, 2.24) is 0 Å². The summed E-state index contributed by atoms with van der Waals surface area (Å²) in [7, 11) is 0. The molecule has 4 nitrogen and oxygen atoms in total. The van der Waals surface area contributed by atoms with Crippen LogP contribution in [-0.2, 0) is 4.79 Å². The first-order valence-corrected chi connectivity index (χ1v) is 12.3. The van der Waals surface area contributed by atoms with Gasteiger partial charge in [-0.2, -0.15) is 0 Å². The minimum absolute atomic E-state index is 0.0662. The zero-order valence-electron chi connectivity index (χ0n) is 19.9. The molecule has 172 valence electrons. The van der Waals surface area contributed by atoms with Gasteiger partial charge < -0.3 is 5.11 Å². The molecule has 0 heterocycles. The predicted molar refractivity (Wildman–Crippen MR) is 129 cm³/mol. The Hall–Kier alpha value is -2.51. The SMILES string of the molecule is CC(C)(C#Cc1ccc(C2CC3(C)C(O)CCC3C3CCC4=CC(=O)CCC4=C23)cc1)N=O. The lowest BCUT2D eigenvalue weighted by Crippen LogP contribution is -2.45. The largest absolute Gasteiger partial charge is 0.393 e. The molecule has 4 aliphatic rings. The number of carbonyl (C=O) groups is 1. The summed E-state index contributed by atoms with van der Waals surface area (Å²) < 4.78 is 0. The first-order valence-electron chi connectivity index (χ1n) is 12.3. The van der Waals surface area contributed by atoms with Crippen LogP contribution in [0.1, 0.15) is 82.8 Å². The molecule has 5 unspecified atom stereocenters. The third-order valence-electron chi connectivity index (χ3n) is 8.74. The van der Waals surface area contributed by atoms with Gasteiger partial charge in [0.05, 0.1) is 6.10 Å². The Morgan fingerprint density at radius 2 is 1.85 bits per heavy atom. The number of benzene rings is 1. The van der Waals surface area contributed by atoms with E-state index in [4.69, 9.17) is 0 Å². The average molecular weight is 444 g/mol. The maximum atomic E-state index is 12.1. The van der Waals surface area contributed by atoms with E-state index in [0.29, 0.717) is 18.3 Å². The van der Waals surface area contributed by atoms with E-state index in [0.717, 1.165) is 44.1 Å². The molecule has 5 atom stereocenters. The van der Waals surface area contributed by atoms with Crippen LogP contribution in [0.3, 0.4) is 0 Å². The molecule has 33 heavy (non-hydrogen) atoms. The number of hydrogen-bond acceptors (Lipinski definition) is 4. The quantitative estimate of drug-likeness (QED) is 0.461. The van der Waals surface area contributed by atoms with E-state index in [1.54, 1.807) is 19.4 Å². The lowest BCUT2D eigenvalue weighted by Gasteiger charge is -2.52. The summed E-state index contributed by atoms with van der Waals surface area (Å²) in [5.74, 6) is 7.55. The number of aliphatic hydroxyl groups excluding tert-OH is 1.